The summed E-state index contributed by atoms with van der Waals surface area (Å²) in [5, 5.41) is 1.68. The molecule has 0 aliphatic carbocycles. The minimum atomic E-state index is -5.84. The van der Waals surface area contributed by atoms with E-state index in [4.69, 9.17) is 0 Å². The fraction of sp³-hybridized carbons (Fsp3) is 0.462. The summed E-state index contributed by atoms with van der Waals surface area (Å²) in [6, 6.07) is 2.61. The van der Waals surface area contributed by atoms with E-state index in [0.29, 0.717) is 11.1 Å². The molecule has 0 radical (unpaired) electrons. The third-order valence-corrected chi connectivity index (χ3v) is 4.54. The Morgan fingerprint density at radius 3 is 1.64 bits per heavy atom. The van der Waals surface area contributed by atoms with E-state index in [9.17, 15) is 31.1 Å². The Kier molecular flexibility index (Phi) is 4.91. The maximum absolute atomic E-state index is 12.7. The second kappa shape index (κ2) is 5.75. The van der Waals surface area contributed by atoms with Gasteiger partial charge in [-0.15, -0.1) is 0 Å². The number of halogens is 7. The Morgan fingerprint density at radius 2 is 1.32 bits per heavy atom. The van der Waals surface area contributed by atoms with Gasteiger partial charge in [-0.1, -0.05) is 15.9 Å². The summed E-state index contributed by atoms with van der Waals surface area (Å²) >= 11 is 1.54. The molecule has 0 fully saturated rings. The maximum atomic E-state index is 12.7. The normalized spacial score (nSPS) is 13.2. The van der Waals surface area contributed by atoms with Gasteiger partial charge in [-0.25, -0.2) is 0 Å². The second-order valence-corrected chi connectivity index (χ2v) is 6.03. The molecule has 0 aliphatic heterocycles. The van der Waals surface area contributed by atoms with Gasteiger partial charge in [-0.05, 0) is 49.6 Å². The number of carbonyl (C=O) groups is 1. The van der Waals surface area contributed by atoms with Crippen molar-refractivity contribution in [2.24, 2.45) is 0 Å². The molecule has 0 aliphatic rings. The van der Waals surface area contributed by atoms with Crippen LogP contribution in [0.3, 0.4) is 0 Å². The topological polar surface area (TPSA) is 29.1 Å². The minimum absolute atomic E-state index is 0.136. The van der Waals surface area contributed by atoms with Crippen LogP contribution in [0.15, 0.2) is 12.1 Å². The van der Waals surface area contributed by atoms with Gasteiger partial charge < -0.3 is 5.32 Å². The summed E-state index contributed by atoms with van der Waals surface area (Å²) in [5.74, 6) is -2.24. The van der Waals surface area contributed by atoms with Crippen LogP contribution in [0.5, 0.6) is 0 Å². The van der Waals surface area contributed by atoms with Crippen LogP contribution in [-0.2, 0) is 4.79 Å². The molecular formula is C13H12BrF6NO. The van der Waals surface area contributed by atoms with Crippen molar-refractivity contribution < 1.29 is 31.1 Å². The predicted octanol–water partition coefficient (Wildman–Crippen LogP) is 4.81. The molecule has 1 aromatic carbocycles. The molecule has 0 aromatic heterocycles. The number of benzene rings is 1. The lowest BCUT2D eigenvalue weighted by molar-refractivity contribution is -0.253. The number of amides is 1. The van der Waals surface area contributed by atoms with Crippen molar-refractivity contribution in [3.63, 3.8) is 0 Å². The number of nitrogens with one attached hydrogen (secondary N) is 1. The van der Waals surface area contributed by atoms with Crippen molar-refractivity contribution in [2.75, 3.05) is 5.32 Å². The number of rotatable bonds is 2. The standard InChI is InChI=1S/C13H12BrF6NO/c1-6-4-9(5-7(2)8(6)3)21-10(22)11(14,12(15,16)17)13(18,19)20/h4-5H,1-3H3,(H,21,22). The summed E-state index contributed by atoms with van der Waals surface area (Å²) in [7, 11) is 0. The van der Waals surface area contributed by atoms with E-state index in [0.717, 1.165) is 5.56 Å². The second-order valence-electron chi connectivity index (χ2n) is 4.84. The summed E-state index contributed by atoms with van der Waals surface area (Å²) in [4.78, 5) is 11.6. The lowest BCUT2D eigenvalue weighted by atomic mass is 10.0. The van der Waals surface area contributed by atoms with Crippen LogP contribution in [-0.4, -0.2) is 22.6 Å². The smallest absolute Gasteiger partial charge is 0.324 e. The summed E-state index contributed by atoms with van der Waals surface area (Å²) in [5.41, 5.74) is 1.96. The summed E-state index contributed by atoms with van der Waals surface area (Å²) < 4.78 is 71.8. The molecule has 0 saturated heterocycles. The Balaban J connectivity index is 3.25. The number of alkyl halides is 7. The van der Waals surface area contributed by atoms with Crippen molar-refractivity contribution in [2.45, 2.75) is 37.4 Å². The lowest BCUT2D eigenvalue weighted by Crippen LogP contribution is -2.59. The first kappa shape index (κ1) is 18.8. The van der Waals surface area contributed by atoms with Crippen LogP contribution in [0.1, 0.15) is 16.7 Å². The van der Waals surface area contributed by atoms with Crippen molar-refractivity contribution in [3.8, 4) is 0 Å². The number of anilines is 1. The number of hydrogen-bond acceptors (Lipinski definition) is 1. The van der Waals surface area contributed by atoms with Crippen molar-refractivity contribution in [3.05, 3.63) is 28.8 Å². The fourth-order valence-electron chi connectivity index (χ4n) is 1.74. The van der Waals surface area contributed by atoms with Gasteiger partial charge in [-0.3, -0.25) is 4.79 Å². The zero-order valence-corrected chi connectivity index (χ0v) is 13.3. The van der Waals surface area contributed by atoms with E-state index in [1.54, 1.807) is 26.1 Å². The first-order valence-electron chi connectivity index (χ1n) is 5.93. The third kappa shape index (κ3) is 3.23. The summed E-state index contributed by atoms with van der Waals surface area (Å²) in [6.07, 6.45) is -11.7. The minimum Gasteiger partial charge on any atom is -0.324 e. The molecule has 1 aromatic rings. The first-order valence-corrected chi connectivity index (χ1v) is 6.72. The lowest BCUT2D eigenvalue weighted by Gasteiger charge is -2.30. The highest BCUT2D eigenvalue weighted by Gasteiger charge is 2.74. The fourth-order valence-corrected chi connectivity index (χ4v) is 1.84. The summed E-state index contributed by atoms with van der Waals surface area (Å²) in [6.45, 7) is 5.01. The Bertz CT molecular complexity index is 556. The van der Waals surface area contributed by atoms with Crippen molar-refractivity contribution in [1.29, 1.82) is 0 Å². The number of hydrogen-bond donors (Lipinski definition) is 1. The van der Waals surface area contributed by atoms with Crippen molar-refractivity contribution in [1.82, 2.24) is 0 Å². The zero-order valence-electron chi connectivity index (χ0n) is 11.7. The third-order valence-electron chi connectivity index (χ3n) is 3.28. The van der Waals surface area contributed by atoms with Gasteiger partial charge in [0.1, 0.15) is 0 Å². The molecule has 0 atom stereocenters. The molecule has 1 N–H and O–H groups in total. The van der Waals surface area contributed by atoms with Crippen LogP contribution >= 0.6 is 15.9 Å². The van der Waals surface area contributed by atoms with Gasteiger partial charge in [0, 0.05) is 5.69 Å². The predicted molar refractivity (Wildman–Crippen MR) is 73.1 cm³/mol. The average molecular weight is 392 g/mol. The van der Waals surface area contributed by atoms with Gasteiger partial charge in [0.15, 0.2) is 0 Å². The largest absolute Gasteiger partial charge is 0.421 e. The quantitative estimate of drug-likeness (QED) is 0.568. The van der Waals surface area contributed by atoms with E-state index in [-0.39, 0.29) is 5.69 Å². The Labute approximate surface area is 131 Å². The molecule has 0 heterocycles. The SMILES string of the molecule is Cc1cc(NC(=O)C(Br)(C(F)(F)F)C(F)(F)F)cc(C)c1C. The van der Waals surface area contributed by atoms with E-state index < -0.39 is 22.6 Å². The van der Waals surface area contributed by atoms with Crippen molar-refractivity contribution >= 4 is 27.5 Å². The highest BCUT2D eigenvalue weighted by atomic mass is 79.9. The van der Waals surface area contributed by atoms with E-state index in [1.165, 1.54) is 28.1 Å². The average Bonchev–Trinajstić information content (AvgIpc) is 2.31. The van der Waals surface area contributed by atoms with Gasteiger partial charge >= 0.3 is 12.4 Å². The molecule has 9 heteroatoms. The van der Waals surface area contributed by atoms with Crippen LogP contribution in [0.25, 0.3) is 0 Å². The molecule has 2 nitrogen and oxygen atoms in total. The molecule has 0 saturated carbocycles. The molecule has 1 rings (SSSR count). The molecule has 0 spiro atoms. The molecule has 22 heavy (non-hydrogen) atoms. The van der Waals surface area contributed by atoms with E-state index in [1.807, 2.05) is 0 Å². The van der Waals surface area contributed by atoms with Crippen LogP contribution < -0.4 is 5.32 Å². The van der Waals surface area contributed by atoms with Gasteiger partial charge in [0.05, 0.1) is 0 Å². The zero-order chi connectivity index (χ0) is 17.5. The highest BCUT2D eigenvalue weighted by Crippen LogP contribution is 2.50. The van der Waals surface area contributed by atoms with Gasteiger partial charge in [0.2, 0.25) is 0 Å². The Hall–Kier alpha value is -1.25. The first-order chi connectivity index (χ1) is 9.71. The molecule has 0 bridgehead atoms. The molecule has 1 amide bonds. The van der Waals surface area contributed by atoms with Crippen LogP contribution in [0, 0.1) is 20.8 Å². The Morgan fingerprint density at radius 1 is 0.955 bits per heavy atom. The molecular weight excluding hydrogens is 380 g/mol. The maximum Gasteiger partial charge on any atom is 0.421 e. The molecule has 124 valence electrons. The number of carbonyl (C=O) groups excluding carboxylic acids is 1. The van der Waals surface area contributed by atoms with Gasteiger partial charge in [-0.2, -0.15) is 26.3 Å². The molecule has 0 unspecified atom stereocenters. The highest BCUT2D eigenvalue weighted by molar-refractivity contribution is 9.10. The number of aryl methyl sites for hydroxylation is 2. The monoisotopic (exact) mass is 391 g/mol. The van der Waals surface area contributed by atoms with Gasteiger partial charge in [0.25, 0.3) is 10.2 Å². The van der Waals surface area contributed by atoms with E-state index in [2.05, 4.69) is 0 Å². The van der Waals surface area contributed by atoms with Crippen LogP contribution in [0.4, 0.5) is 32.0 Å². The van der Waals surface area contributed by atoms with E-state index >= 15 is 0 Å². The van der Waals surface area contributed by atoms with Crippen LogP contribution in [0.2, 0.25) is 0 Å².